The van der Waals surface area contributed by atoms with Gasteiger partial charge in [-0.25, -0.2) is 0 Å². The van der Waals surface area contributed by atoms with Gasteiger partial charge in [0.25, 0.3) is 0 Å². The van der Waals surface area contributed by atoms with Crippen molar-refractivity contribution in [1.82, 2.24) is 0 Å². The van der Waals surface area contributed by atoms with Crippen molar-refractivity contribution in [3.8, 4) is 44.5 Å². The molecule has 4 bridgehead atoms. The molecule has 0 saturated heterocycles. The molecule has 8 aromatic rings. The Morgan fingerprint density at radius 2 is 0.919 bits per heavy atom. The first kappa shape index (κ1) is 44.5. The van der Waals surface area contributed by atoms with Gasteiger partial charge >= 0.3 is 0 Å². The van der Waals surface area contributed by atoms with E-state index in [1.807, 2.05) is 0 Å². The Morgan fingerprint density at radius 1 is 0.405 bits per heavy atom. The third-order valence-corrected chi connectivity index (χ3v) is 20.4. The standard InChI is InChI=1S/C73H67N/c1-44-34-52(49-24-26-50(27-25-49)69-53-37-46-36-47(39-53)40-54(69)38-46)35-45(2)70(44)74(55-29-32-59-58-31-28-51(48-16-8-7-9-17-48)41-66(58)72(5,6)67(59)42-55)56-30-33-60-57-18-10-11-19-61(57)73(68(60)43-56)64-22-14-12-20-62(64)71(3,4)63-21-13-15-23-65(63)73/h7-35,41-43,46-47,53-54,62,64,69H,36-40H2,1-6H3. The molecule has 4 saturated carbocycles. The van der Waals surface area contributed by atoms with Crippen molar-refractivity contribution in [2.45, 2.75) is 95.8 Å². The molecule has 0 heterocycles. The summed E-state index contributed by atoms with van der Waals surface area (Å²) in [6.45, 7) is 14.5. The van der Waals surface area contributed by atoms with Gasteiger partial charge in [-0.15, -0.1) is 0 Å². The molecule has 1 nitrogen and oxygen atoms in total. The molecule has 0 aromatic heterocycles. The van der Waals surface area contributed by atoms with Crippen LogP contribution in [-0.4, -0.2) is 0 Å². The van der Waals surface area contributed by atoms with Crippen molar-refractivity contribution in [2.75, 3.05) is 4.90 Å². The first-order valence-corrected chi connectivity index (χ1v) is 28.0. The van der Waals surface area contributed by atoms with E-state index >= 15 is 0 Å². The number of rotatable bonds is 6. The Hall–Kier alpha value is -6.96. The van der Waals surface area contributed by atoms with Gasteiger partial charge in [0.15, 0.2) is 0 Å². The summed E-state index contributed by atoms with van der Waals surface area (Å²) in [5.74, 6) is 5.07. The van der Waals surface area contributed by atoms with E-state index in [1.54, 1.807) is 5.56 Å². The van der Waals surface area contributed by atoms with Gasteiger partial charge in [-0.3, -0.25) is 0 Å². The van der Waals surface area contributed by atoms with Gasteiger partial charge in [0, 0.05) is 22.7 Å². The summed E-state index contributed by atoms with van der Waals surface area (Å²) in [4.78, 5) is 2.63. The Balaban J connectivity index is 0.899. The molecule has 8 aliphatic rings. The third-order valence-electron chi connectivity index (χ3n) is 20.4. The molecule has 0 radical (unpaired) electrons. The van der Waals surface area contributed by atoms with Crippen LogP contribution in [-0.2, 0) is 16.2 Å². The zero-order valence-corrected chi connectivity index (χ0v) is 44.0. The van der Waals surface area contributed by atoms with Gasteiger partial charge in [0.05, 0.1) is 11.1 Å². The zero-order chi connectivity index (χ0) is 49.8. The maximum Gasteiger partial charge on any atom is 0.0535 e. The summed E-state index contributed by atoms with van der Waals surface area (Å²) < 4.78 is 0. The quantitative estimate of drug-likeness (QED) is 0.161. The lowest BCUT2D eigenvalue weighted by atomic mass is 9.48. The summed E-state index contributed by atoms with van der Waals surface area (Å²) in [7, 11) is 0. The third kappa shape index (κ3) is 6.22. The Kier molecular flexibility index (Phi) is 9.64. The van der Waals surface area contributed by atoms with Crippen molar-refractivity contribution in [2.24, 2.45) is 35.5 Å². The minimum atomic E-state index is -0.375. The number of hydrogen-bond donors (Lipinski definition) is 0. The lowest BCUT2D eigenvalue weighted by Crippen LogP contribution is -2.51. The summed E-state index contributed by atoms with van der Waals surface area (Å²) in [6, 6.07) is 66.5. The fourth-order valence-electron chi connectivity index (χ4n) is 17.5. The van der Waals surface area contributed by atoms with E-state index in [-0.39, 0.29) is 22.2 Å². The highest BCUT2D eigenvalue weighted by Crippen LogP contribution is 2.66. The molecule has 364 valence electrons. The highest BCUT2D eigenvalue weighted by atomic mass is 15.1. The van der Waals surface area contributed by atoms with E-state index in [4.69, 9.17) is 0 Å². The maximum absolute atomic E-state index is 2.63. The van der Waals surface area contributed by atoms with Crippen molar-refractivity contribution < 1.29 is 0 Å². The molecule has 3 unspecified atom stereocenters. The molecule has 8 aliphatic carbocycles. The van der Waals surface area contributed by atoms with Crippen LogP contribution < -0.4 is 4.90 Å². The van der Waals surface area contributed by atoms with E-state index in [0.29, 0.717) is 5.92 Å². The van der Waals surface area contributed by atoms with Crippen LogP contribution >= 0.6 is 0 Å². The molecule has 0 amide bonds. The fourth-order valence-corrected chi connectivity index (χ4v) is 17.5. The Morgan fingerprint density at radius 3 is 1.59 bits per heavy atom. The predicted molar refractivity (Wildman–Crippen MR) is 309 cm³/mol. The molecular formula is C73H67N. The van der Waals surface area contributed by atoms with Gasteiger partial charge in [0.1, 0.15) is 0 Å². The van der Waals surface area contributed by atoms with Crippen LogP contribution in [0.4, 0.5) is 17.1 Å². The van der Waals surface area contributed by atoms with E-state index in [2.05, 4.69) is 241 Å². The molecule has 74 heavy (non-hydrogen) atoms. The molecule has 4 fully saturated rings. The second kappa shape index (κ2) is 16.0. The van der Waals surface area contributed by atoms with Gasteiger partial charge < -0.3 is 4.90 Å². The molecule has 16 rings (SSSR count). The monoisotopic (exact) mass is 958 g/mol. The molecule has 0 N–H and O–H groups in total. The predicted octanol–water partition coefficient (Wildman–Crippen LogP) is 18.9. The number of fused-ring (bicyclic) bond motifs is 12. The second-order valence-electron chi connectivity index (χ2n) is 25.0. The van der Waals surface area contributed by atoms with Crippen LogP contribution in [0.15, 0.2) is 194 Å². The first-order valence-electron chi connectivity index (χ1n) is 28.0. The Bertz CT molecular complexity index is 3620. The largest absolute Gasteiger partial charge is 0.310 e. The topological polar surface area (TPSA) is 3.24 Å². The van der Waals surface area contributed by atoms with Crippen LogP contribution in [0.5, 0.6) is 0 Å². The van der Waals surface area contributed by atoms with E-state index in [1.165, 1.54) is 138 Å². The Labute approximate surface area is 439 Å². The van der Waals surface area contributed by atoms with Gasteiger partial charge in [-0.1, -0.05) is 179 Å². The first-order chi connectivity index (χ1) is 36.0. The number of allylic oxidation sites excluding steroid dienone is 4. The highest BCUT2D eigenvalue weighted by molar-refractivity contribution is 5.92. The van der Waals surface area contributed by atoms with Gasteiger partial charge in [-0.2, -0.15) is 0 Å². The van der Waals surface area contributed by atoms with E-state index < -0.39 is 0 Å². The number of benzene rings is 8. The van der Waals surface area contributed by atoms with E-state index in [9.17, 15) is 0 Å². The van der Waals surface area contributed by atoms with Crippen molar-refractivity contribution in [1.29, 1.82) is 0 Å². The minimum Gasteiger partial charge on any atom is -0.310 e. The van der Waals surface area contributed by atoms with Gasteiger partial charge in [-0.05, 0) is 224 Å². The van der Waals surface area contributed by atoms with Crippen molar-refractivity contribution in [3.05, 3.63) is 244 Å². The number of aryl methyl sites for hydroxylation is 2. The average molecular weight is 958 g/mol. The fraction of sp³-hybridized carbons (Fsp3) is 0.288. The zero-order valence-electron chi connectivity index (χ0n) is 44.0. The molecule has 8 aromatic carbocycles. The second-order valence-corrected chi connectivity index (χ2v) is 25.0. The molecule has 1 heteroatoms. The lowest BCUT2D eigenvalue weighted by Gasteiger charge is -2.54. The highest BCUT2D eigenvalue weighted by Gasteiger charge is 2.59. The maximum atomic E-state index is 2.63. The normalized spacial score (nSPS) is 26.3. The number of nitrogens with zero attached hydrogens (tertiary/aromatic N) is 1. The molecular weight excluding hydrogens is 891 g/mol. The van der Waals surface area contributed by atoms with E-state index in [0.717, 1.165) is 29.6 Å². The summed E-state index contributed by atoms with van der Waals surface area (Å²) >= 11 is 0. The van der Waals surface area contributed by atoms with Crippen molar-refractivity contribution in [3.63, 3.8) is 0 Å². The molecule has 0 aliphatic heterocycles. The summed E-state index contributed by atoms with van der Waals surface area (Å²) in [5, 5.41) is 0. The number of hydrogen-bond acceptors (Lipinski definition) is 1. The lowest BCUT2D eigenvalue weighted by molar-refractivity contribution is -0.00277. The van der Waals surface area contributed by atoms with Crippen LogP contribution in [0.1, 0.15) is 116 Å². The summed E-state index contributed by atoms with van der Waals surface area (Å²) in [5.41, 5.74) is 26.2. The molecule has 1 spiro atoms. The minimum absolute atomic E-state index is 0.0444. The van der Waals surface area contributed by atoms with Crippen LogP contribution in [0.2, 0.25) is 0 Å². The van der Waals surface area contributed by atoms with Crippen LogP contribution in [0.25, 0.3) is 44.5 Å². The molecule has 3 atom stereocenters. The van der Waals surface area contributed by atoms with Crippen molar-refractivity contribution >= 4 is 17.1 Å². The smallest absolute Gasteiger partial charge is 0.0535 e. The van der Waals surface area contributed by atoms with Crippen LogP contribution in [0, 0.1) is 49.4 Å². The van der Waals surface area contributed by atoms with Crippen LogP contribution in [0.3, 0.4) is 0 Å². The number of anilines is 3. The van der Waals surface area contributed by atoms with Gasteiger partial charge in [0.2, 0.25) is 0 Å². The SMILES string of the molecule is Cc1cc(-c2ccc(C3C4CC5CC(C4)CC3C5)cc2)cc(C)c1N(c1ccc2c(c1)C(C)(C)c1cc(-c3ccccc3)ccc1-2)c1ccc2c(c1)C1(c3ccccc3-2)c2ccccc2C(C)(C)C2C=CC=CC21. The summed E-state index contributed by atoms with van der Waals surface area (Å²) in [6.07, 6.45) is 17.0. The average Bonchev–Trinajstić information content (AvgIpc) is 3.83.